The van der Waals surface area contributed by atoms with E-state index in [1.54, 1.807) is 0 Å². The van der Waals surface area contributed by atoms with Gasteiger partial charge in [0, 0.05) is 32.5 Å². The van der Waals surface area contributed by atoms with E-state index in [0.717, 1.165) is 18.6 Å². The molecule has 1 atom stereocenters. The third-order valence-electron chi connectivity index (χ3n) is 3.44. The fraction of sp³-hybridized carbons (Fsp3) is 0.818. The molecule has 5 heteroatoms. The number of carbonyl (C=O) groups excluding carboxylic acids is 1. The van der Waals surface area contributed by atoms with E-state index >= 15 is 0 Å². The lowest BCUT2D eigenvalue weighted by molar-refractivity contribution is -0.151. The number of ether oxygens (including phenoxy) is 1. The molecule has 2 heterocycles. The van der Waals surface area contributed by atoms with Gasteiger partial charge in [-0.15, -0.1) is 0 Å². The Morgan fingerprint density at radius 3 is 2.69 bits per heavy atom. The maximum atomic E-state index is 12.2. The summed E-state index contributed by atoms with van der Waals surface area (Å²) in [6, 6.07) is 0. The standard InChI is InChI=1S/C11H18N2O3/c1-11(5-2-8-16-11)10(14)13-6-3-9(12-15)4-7-13/h15H,2-8H2,1H3. The topological polar surface area (TPSA) is 62.1 Å². The maximum Gasteiger partial charge on any atom is 0.254 e. The van der Waals surface area contributed by atoms with Gasteiger partial charge in [-0.1, -0.05) is 5.16 Å². The second kappa shape index (κ2) is 4.41. The molecule has 0 aromatic heterocycles. The van der Waals surface area contributed by atoms with Gasteiger partial charge < -0.3 is 14.8 Å². The normalized spacial score (nSPS) is 30.6. The van der Waals surface area contributed by atoms with E-state index in [2.05, 4.69) is 5.16 Å². The van der Waals surface area contributed by atoms with Crippen LogP contribution in [-0.4, -0.2) is 47.0 Å². The van der Waals surface area contributed by atoms with Crippen molar-refractivity contribution < 1.29 is 14.7 Å². The van der Waals surface area contributed by atoms with Gasteiger partial charge in [-0.2, -0.15) is 0 Å². The number of nitrogens with zero attached hydrogens (tertiary/aromatic N) is 2. The van der Waals surface area contributed by atoms with Gasteiger partial charge in [-0.3, -0.25) is 4.79 Å². The summed E-state index contributed by atoms with van der Waals surface area (Å²) in [4.78, 5) is 14.0. The number of hydrogen-bond acceptors (Lipinski definition) is 4. The van der Waals surface area contributed by atoms with E-state index in [9.17, 15) is 4.79 Å². The minimum atomic E-state index is -0.617. The number of likely N-dealkylation sites (tertiary alicyclic amines) is 1. The molecule has 0 aromatic carbocycles. The lowest BCUT2D eigenvalue weighted by Gasteiger charge is -2.33. The number of carbonyl (C=O) groups is 1. The molecule has 0 radical (unpaired) electrons. The quantitative estimate of drug-likeness (QED) is 0.536. The summed E-state index contributed by atoms with van der Waals surface area (Å²) in [5.74, 6) is 0.0852. The number of rotatable bonds is 1. The van der Waals surface area contributed by atoms with Gasteiger partial charge in [-0.05, 0) is 19.8 Å². The van der Waals surface area contributed by atoms with Gasteiger partial charge in [0.15, 0.2) is 0 Å². The van der Waals surface area contributed by atoms with Crippen molar-refractivity contribution in [1.29, 1.82) is 0 Å². The summed E-state index contributed by atoms with van der Waals surface area (Å²) in [6.07, 6.45) is 3.10. The summed E-state index contributed by atoms with van der Waals surface area (Å²) in [7, 11) is 0. The fourth-order valence-corrected chi connectivity index (χ4v) is 2.35. The van der Waals surface area contributed by atoms with Gasteiger partial charge in [-0.25, -0.2) is 0 Å². The molecule has 1 amide bonds. The van der Waals surface area contributed by atoms with Crippen LogP contribution < -0.4 is 0 Å². The maximum absolute atomic E-state index is 12.2. The average molecular weight is 226 g/mol. The number of amides is 1. The lowest BCUT2D eigenvalue weighted by atomic mass is 9.99. The summed E-state index contributed by atoms with van der Waals surface area (Å²) in [5, 5.41) is 11.8. The van der Waals surface area contributed by atoms with Crippen LogP contribution in [0.15, 0.2) is 5.16 Å². The van der Waals surface area contributed by atoms with Crippen LogP contribution >= 0.6 is 0 Å². The Labute approximate surface area is 95.1 Å². The first kappa shape index (κ1) is 11.4. The Hall–Kier alpha value is -1.10. The highest BCUT2D eigenvalue weighted by molar-refractivity contribution is 5.89. The molecular weight excluding hydrogens is 208 g/mol. The first-order valence-corrected chi connectivity index (χ1v) is 5.79. The summed E-state index contributed by atoms with van der Waals surface area (Å²) in [5.41, 5.74) is 0.162. The number of hydrogen-bond donors (Lipinski definition) is 1. The van der Waals surface area contributed by atoms with Gasteiger partial charge in [0.2, 0.25) is 0 Å². The largest absolute Gasteiger partial charge is 0.411 e. The predicted molar refractivity (Wildman–Crippen MR) is 58.6 cm³/mol. The molecule has 2 aliphatic rings. The van der Waals surface area contributed by atoms with Crippen molar-refractivity contribution in [2.24, 2.45) is 5.16 Å². The lowest BCUT2D eigenvalue weighted by Crippen LogP contribution is -2.49. The molecular formula is C11H18N2O3. The molecule has 0 aromatic rings. The molecule has 0 spiro atoms. The molecule has 2 aliphatic heterocycles. The van der Waals surface area contributed by atoms with Crippen molar-refractivity contribution in [3.8, 4) is 0 Å². The second-order valence-electron chi connectivity index (χ2n) is 4.64. The molecule has 2 rings (SSSR count). The molecule has 1 N–H and O–H groups in total. The van der Waals surface area contributed by atoms with Crippen molar-refractivity contribution in [2.75, 3.05) is 19.7 Å². The Morgan fingerprint density at radius 1 is 1.50 bits per heavy atom. The van der Waals surface area contributed by atoms with E-state index < -0.39 is 5.60 Å². The molecule has 1 unspecified atom stereocenters. The van der Waals surface area contributed by atoms with Crippen molar-refractivity contribution in [3.63, 3.8) is 0 Å². The molecule has 5 nitrogen and oxygen atoms in total. The van der Waals surface area contributed by atoms with Gasteiger partial charge >= 0.3 is 0 Å². The Bertz CT molecular complexity index is 298. The average Bonchev–Trinajstić information content (AvgIpc) is 2.77. The van der Waals surface area contributed by atoms with Crippen LogP contribution in [0, 0.1) is 0 Å². The molecule has 0 saturated carbocycles. The molecule has 90 valence electrons. The van der Waals surface area contributed by atoms with Crippen LogP contribution in [0.2, 0.25) is 0 Å². The third kappa shape index (κ3) is 2.04. The molecule has 16 heavy (non-hydrogen) atoms. The van der Waals surface area contributed by atoms with Crippen LogP contribution in [0.3, 0.4) is 0 Å². The van der Waals surface area contributed by atoms with Crippen LogP contribution in [0.5, 0.6) is 0 Å². The zero-order valence-corrected chi connectivity index (χ0v) is 9.61. The molecule has 2 saturated heterocycles. The summed E-state index contributed by atoms with van der Waals surface area (Å²) < 4.78 is 5.54. The van der Waals surface area contributed by atoms with Crippen LogP contribution in [0.25, 0.3) is 0 Å². The molecule has 2 fully saturated rings. The SMILES string of the molecule is CC1(C(=O)N2CCC(=NO)CC2)CCCO1. The van der Waals surface area contributed by atoms with E-state index in [1.165, 1.54) is 0 Å². The minimum absolute atomic E-state index is 0.0852. The smallest absolute Gasteiger partial charge is 0.254 e. The van der Waals surface area contributed by atoms with Gasteiger partial charge in [0.25, 0.3) is 5.91 Å². The second-order valence-corrected chi connectivity index (χ2v) is 4.64. The van der Waals surface area contributed by atoms with Crippen molar-refractivity contribution >= 4 is 11.6 Å². The van der Waals surface area contributed by atoms with Crippen molar-refractivity contribution in [3.05, 3.63) is 0 Å². The van der Waals surface area contributed by atoms with Gasteiger partial charge in [0.1, 0.15) is 5.60 Å². The summed E-state index contributed by atoms with van der Waals surface area (Å²) in [6.45, 7) is 3.83. The van der Waals surface area contributed by atoms with E-state index in [4.69, 9.17) is 9.94 Å². The first-order valence-electron chi connectivity index (χ1n) is 5.79. The highest BCUT2D eigenvalue weighted by Crippen LogP contribution is 2.28. The minimum Gasteiger partial charge on any atom is -0.411 e. The molecule has 0 bridgehead atoms. The highest BCUT2D eigenvalue weighted by Gasteiger charge is 2.41. The van der Waals surface area contributed by atoms with Crippen LogP contribution in [-0.2, 0) is 9.53 Å². The predicted octanol–water partition coefficient (Wildman–Crippen LogP) is 1.01. The monoisotopic (exact) mass is 226 g/mol. The molecule has 0 aliphatic carbocycles. The van der Waals surface area contributed by atoms with Crippen LogP contribution in [0.1, 0.15) is 32.6 Å². The van der Waals surface area contributed by atoms with E-state index in [-0.39, 0.29) is 5.91 Å². The number of oxime groups is 1. The van der Waals surface area contributed by atoms with Crippen molar-refractivity contribution in [2.45, 2.75) is 38.2 Å². The van der Waals surface area contributed by atoms with Crippen molar-refractivity contribution in [1.82, 2.24) is 4.90 Å². The van der Waals surface area contributed by atoms with Gasteiger partial charge in [0.05, 0.1) is 5.71 Å². The Balaban J connectivity index is 1.96. The number of piperidine rings is 1. The Morgan fingerprint density at radius 2 is 2.19 bits per heavy atom. The van der Waals surface area contributed by atoms with Crippen LogP contribution in [0.4, 0.5) is 0 Å². The van der Waals surface area contributed by atoms with E-state index in [0.29, 0.717) is 32.5 Å². The highest BCUT2D eigenvalue weighted by atomic mass is 16.5. The zero-order chi connectivity index (χ0) is 11.6. The fourth-order valence-electron chi connectivity index (χ4n) is 2.35. The first-order chi connectivity index (χ1) is 7.65. The van der Waals surface area contributed by atoms with E-state index in [1.807, 2.05) is 11.8 Å². The zero-order valence-electron chi connectivity index (χ0n) is 9.61. The third-order valence-corrected chi connectivity index (χ3v) is 3.44. The Kier molecular flexibility index (Phi) is 3.14. The summed E-state index contributed by atoms with van der Waals surface area (Å²) >= 11 is 0.